The van der Waals surface area contributed by atoms with E-state index < -0.39 is 11.4 Å². The fourth-order valence-corrected chi connectivity index (χ4v) is 2.64. The van der Waals surface area contributed by atoms with Crippen molar-refractivity contribution in [2.24, 2.45) is 5.41 Å². The Bertz CT molecular complexity index is 567. The van der Waals surface area contributed by atoms with Crippen LogP contribution in [0.1, 0.15) is 13.3 Å². The molecule has 5 nitrogen and oxygen atoms in total. The summed E-state index contributed by atoms with van der Waals surface area (Å²) < 4.78 is 0.607. The molecule has 2 N–H and O–H groups in total. The lowest BCUT2D eigenvalue weighted by atomic mass is 9.90. The first-order chi connectivity index (χ1) is 9.33. The summed E-state index contributed by atoms with van der Waals surface area (Å²) in [6.07, 6.45) is 0.451. The molecule has 0 radical (unpaired) electrons. The van der Waals surface area contributed by atoms with Crippen LogP contribution >= 0.6 is 27.5 Å². The van der Waals surface area contributed by atoms with E-state index in [-0.39, 0.29) is 12.6 Å². The van der Waals surface area contributed by atoms with Gasteiger partial charge in [-0.25, -0.2) is 4.79 Å². The third-order valence-corrected chi connectivity index (χ3v) is 4.87. The molecule has 1 aromatic rings. The van der Waals surface area contributed by atoms with Crippen molar-refractivity contribution in [1.82, 2.24) is 4.90 Å². The number of aliphatic carboxylic acids is 1. The zero-order valence-electron chi connectivity index (χ0n) is 10.8. The number of anilines is 1. The summed E-state index contributed by atoms with van der Waals surface area (Å²) in [5.41, 5.74) is -0.311. The number of halogens is 2. The van der Waals surface area contributed by atoms with E-state index in [9.17, 15) is 9.59 Å². The molecule has 0 aliphatic carbocycles. The standard InChI is InChI=1S/C13H14BrClN2O3/c1-13(11(18)19)5-6-17(7-13)12(20)16-9-4-2-3-8(15)10(9)14/h2-4H,5-7H2,1H3,(H,16,20)(H,18,19). The molecule has 2 amide bonds. The average Bonchev–Trinajstić information content (AvgIpc) is 2.79. The van der Waals surface area contributed by atoms with E-state index in [2.05, 4.69) is 21.2 Å². The Morgan fingerprint density at radius 2 is 2.20 bits per heavy atom. The van der Waals surface area contributed by atoms with Gasteiger partial charge in [-0.1, -0.05) is 17.7 Å². The van der Waals surface area contributed by atoms with E-state index >= 15 is 0 Å². The molecule has 108 valence electrons. The van der Waals surface area contributed by atoms with Crippen LogP contribution in [0.2, 0.25) is 5.02 Å². The molecule has 0 spiro atoms. The number of rotatable bonds is 2. The Morgan fingerprint density at radius 3 is 2.80 bits per heavy atom. The largest absolute Gasteiger partial charge is 0.481 e. The first-order valence-electron chi connectivity index (χ1n) is 6.07. The highest BCUT2D eigenvalue weighted by molar-refractivity contribution is 9.10. The summed E-state index contributed by atoms with van der Waals surface area (Å²) in [6, 6.07) is 4.84. The van der Waals surface area contributed by atoms with Crippen molar-refractivity contribution in [3.63, 3.8) is 0 Å². The highest BCUT2D eigenvalue weighted by Crippen LogP contribution is 2.32. The van der Waals surface area contributed by atoms with Gasteiger partial charge in [-0.3, -0.25) is 4.79 Å². The molecule has 1 atom stereocenters. The maximum absolute atomic E-state index is 12.1. The molecule has 0 saturated carbocycles. The second-order valence-corrected chi connectivity index (χ2v) is 6.27. The Labute approximate surface area is 130 Å². The van der Waals surface area contributed by atoms with Crippen molar-refractivity contribution >= 4 is 45.2 Å². The third kappa shape index (κ3) is 2.91. The number of likely N-dealkylation sites (tertiary alicyclic amines) is 1. The summed E-state index contributed by atoms with van der Waals surface area (Å²) in [4.78, 5) is 24.8. The van der Waals surface area contributed by atoms with Gasteiger partial charge in [0.2, 0.25) is 0 Å². The number of nitrogens with one attached hydrogen (secondary N) is 1. The first-order valence-corrected chi connectivity index (χ1v) is 7.24. The smallest absolute Gasteiger partial charge is 0.321 e. The Hall–Kier alpha value is -1.27. The van der Waals surface area contributed by atoms with E-state index in [1.807, 2.05) is 0 Å². The molecule has 7 heteroatoms. The molecule has 2 rings (SSSR count). The van der Waals surface area contributed by atoms with Crippen LogP contribution in [0.3, 0.4) is 0 Å². The minimum atomic E-state index is -0.878. The van der Waals surface area contributed by atoms with Crippen molar-refractivity contribution in [2.75, 3.05) is 18.4 Å². The van der Waals surface area contributed by atoms with Gasteiger partial charge in [0.05, 0.1) is 20.6 Å². The van der Waals surface area contributed by atoms with Crippen molar-refractivity contribution < 1.29 is 14.7 Å². The number of benzene rings is 1. The van der Waals surface area contributed by atoms with E-state index in [0.717, 1.165) is 0 Å². The minimum Gasteiger partial charge on any atom is -0.481 e. The van der Waals surface area contributed by atoms with E-state index in [1.54, 1.807) is 25.1 Å². The van der Waals surface area contributed by atoms with Crippen LogP contribution in [0, 0.1) is 5.41 Å². The first kappa shape index (κ1) is 15.1. The van der Waals surface area contributed by atoms with Gasteiger partial charge in [0, 0.05) is 13.1 Å². The molecule has 1 aliphatic rings. The van der Waals surface area contributed by atoms with Gasteiger partial charge >= 0.3 is 12.0 Å². The summed E-state index contributed by atoms with van der Waals surface area (Å²) >= 11 is 9.26. The van der Waals surface area contributed by atoms with E-state index in [4.69, 9.17) is 16.7 Å². The van der Waals surface area contributed by atoms with E-state index in [0.29, 0.717) is 28.1 Å². The second kappa shape index (κ2) is 5.61. The molecule has 1 aromatic carbocycles. The van der Waals surface area contributed by atoms with Gasteiger partial charge in [-0.2, -0.15) is 0 Å². The van der Waals surface area contributed by atoms with Crippen LogP contribution in [0.15, 0.2) is 22.7 Å². The fourth-order valence-electron chi connectivity index (χ4n) is 2.10. The quantitative estimate of drug-likeness (QED) is 0.848. The zero-order valence-corrected chi connectivity index (χ0v) is 13.2. The predicted molar refractivity (Wildman–Crippen MR) is 80.1 cm³/mol. The second-order valence-electron chi connectivity index (χ2n) is 5.07. The van der Waals surface area contributed by atoms with Gasteiger partial charge in [0.1, 0.15) is 0 Å². The number of amides is 2. The van der Waals surface area contributed by atoms with Crippen molar-refractivity contribution in [3.8, 4) is 0 Å². The number of nitrogens with zero attached hydrogens (tertiary/aromatic N) is 1. The third-order valence-electron chi connectivity index (χ3n) is 3.47. The SMILES string of the molecule is CC1(C(=O)O)CCN(C(=O)Nc2cccc(Cl)c2Br)C1. The normalized spacial score (nSPS) is 21.9. The molecular weight excluding hydrogens is 348 g/mol. The van der Waals surface area contributed by atoms with Gasteiger partial charge in [-0.05, 0) is 41.4 Å². The number of carboxylic acid groups (broad SMARTS) is 1. The van der Waals surface area contributed by atoms with Gasteiger partial charge in [0.15, 0.2) is 0 Å². The van der Waals surface area contributed by atoms with Crippen LogP contribution in [0.4, 0.5) is 10.5 Å². The lowest BCUT2D eigenvalue weighted by molar-refractivity contribution is -0.146. The topological polar surface area (TPSA) is 69.6 Å². The van der Waals surface area contributed by atoms with Crippen molar-refractivity contribution in [1.29, 1.82) is 0 Å². The summed E-state index contributed by atoms with van der Waals surface area (Å²) in [5, 5.41) is 12.4. The number of carboxylic acids is 1. The Balaban J connectivity index is 2.07. The average molecular weight is 362 g/mol. The lowest BCUT2D eigenvalue weighted by Gasteiger charge is -2.21. The maximum Gasteiger partial charge on any atom is 0.321 e. The highest BCUT2D eigenvalue weighted by Gasteiger charge is 2.42. The van der Waals surface area contributed by atoms with E-state index in [1.165, 1.54) is 4.90 Å². The molecule has 1 unspecified atom stereocenters. The summed E-state index contributed by atoms with van der Waals surface area (Å²) in [5.74, 6) is -0.878. The summed E-state index contributed by atoms with van der Waals surface area (Å²) in [6.45, 7) is 2.27. The molecular formula is C13H14BrClN2O3. The van der Waals surface area contributed by atoms with Crippen LogP contribution in [0.25, 0.3) is 0 Å². The van der Waals surface area contributed by atoms with Crippen molar-refractivity contribution in [3.05, 3.63) is 27.7 Å². The molecule has 1 aliphatic heterocycles. The fraction of sp³-hybridized carbons (Fsp3) is 0.385. The number of carbonyl (C=O) groups is 2. The van der Waals surface area contributed by atoms with Crippen LogP contribution in [0.5, 0.6) is 0 Å². The molecule has 1 saturated heterocycles. The zero-order chi connectivity index (χ0) is 14.9. The lowest BCUT2D eigenvalue weighted by Crippen LogP contribution is -2.37. The molecule has 1 heterocycles. The van der Waals surface area contributed by atoms with Gasteiger partial charge < -0.3 is 15.3 Å². The highest BCUT2D eigenvalue weighted by atomic mass is 79.9. The van der Waals surface area contributed by atoms with Crippen LogP contribution < -0.4 is 5.32 Å². The number of hydrogen-bond donors (Lipinski definition) is 2. The van der Waals surface area contributed by atoms with Crippen molar-refractivity contribution in [2.45, 2.75) is 13.3 Å². The van der Waals surface area contributed by atoms with Gasteiger partial charge in [0.25, 0.3) is 0 Å². The van der Waals surface area contributed by atoms with Crippen LogP contribution in [-0.2, 0) is 4.79 Å². The monoisotopic (exact) mass is 360 g/mol. The maximum atomic E-state index is 12.1. The Morgan fingerprint density at radius 1 is 1.50 bits per heavy atom. The predicted octanol–water partition coefficient (Wildman–Crippen LogP) is 3.43. The minimum absolute atomic E-state index is 0.201. The molecule has 1 fully saturated rings. The number of urea groups is 1. The molecule has 20 heavy (non-hydrogen) atoms. The number of carbonyl (C=O) groups excluding carboxylic acids is 1. The molecule has 0 aromatic heterocycles. The number of hydrogen-bond acceptors (Lipinski definition) is 2. The molecule has 0 bridgehead atoms. The van der Waals surface area contributed by atoms with Gasteiger partial charge in [-0.15, -0.1) is 0 Å². The van der Waals surface area contributed by atoms with Crippen LogP contribution in [-0.4, -0.2) is 35.1 Å². The summed E-state index contributed by atoms with van der Waals surface area (Å²) in [7, 11) is 0. The Kier molecular flexibility index (Phi) is 4.25.